The zero-order valence-corrected chi connectivity index (χ0v) is 7.61. The van der Waals surface area contributed by atoms with Crippen molar-refractivity contribution in [1.29, 1.82) is 0 Å². The molecule has 0 fully saturated rings. The molecule has 70 valence electrons. The lowest BCUT2D eigenvalue weighted by molar-refractivity contribution is 0.618. The van der Waals surface area contributed by atoms with E-state index in [4.69, 9.17) is 11.6 Å². The van der Waals surface area contributed by atoms with Crippen molar-refractivity contribution in [1.82, 2.24) is 19.9 Å². The summed E-state index contributed by atoms with van der Waals surface area (Å²) in [4.78, 5) is 14.7. The van der Waals surface area contributed by atoms with Crippen LogP contribution in [-0.4, -0.2) is 19.9 Å². The fraction of sp³-hybridized carbons (Fsp3) is 0. The highest BCUT2D eigenvalue weighted by molar-refractivity contribution is 6.28. The summed E-state index contributed by atoms with van der Waals surface area (Å²) in [5.74, 6) is -0.552. The summed E-state index contributed by atoms with van der Waals surface area (Å²) in [6.45, 7) is 0. The SMILES string of the molecule is Fc1cnc(Cl)nc1-c1cncnc1. The summed E-state index contributed by atoms with van der Waals surface area (Å²) in [6, 6.07) is 0. The van der Waals surface area contributed by atoms with Gasteiger partial charge >= 0.3 is 0 Å². The predicted octanol–water partition coefficient (Wildman–Crippen LogP) is 1.73. The minimum absolute atomic E-state index is 0.00902. The first-order valence-electron chi connectivity index (χ1n) is 3.71. The number of hydrogen-bond acceptors (Lipinski definition) is 4. The lowest BCUT2D eigenvalue weighted by atomic mass is 10.2. The second-order valence-electron chi connectivity index (χ2n) is 2.46. The summed E-state index contributed by atoms with van der Waals surface area (Å²) in [5.41, 5.74) is 0.569. The second-order valence-corrected chi connectivity index (χ2v) is 2.80. The van der Waals surface area contributed by atoms with E-state index in [0.29, 0.717) is 5.56 Å². The Morgan fingerprint density at radius 3 is 2.57 bits per heavy atom. The molecule has 2 rings (SSSR count). The van der Waals surface area contributed by atoms with Crippen LogP contribution in [-0.2, 0) is 0 Å². The highest BCUT2D eigenvalue weighted by Gasteiger charge is 2.08. The first-order chi connectivity index (χ1) is 6.77. The molecule has 0 radical (unpaired) electrons. The van der Waals surface area contributed by atoms with Crippen molar-refractivity contribution in [3.63, 3.8) is 0 Å². The van der Waals surface area contributed by atoms with Crippen LogP contribution >= 0.6 is 11.6 Å². The molecule has 0 saturated carbocycles. The molecule has 4 nitrogen and oxygen atoms in total. The Kier molecular flexibility index (Phi) is 2.32. The van der Waals surface area contributed by atoms with Gasteiger partial charge < -0.3 is 0 Å². The van der Waals surface area contributed by atoms with Gasteiger partial charge in [-0.05, 0) is 11.6 Å². The van der Waals surface area contributed by atoms with Crippen molar-refractivity contribution in [2.45, 2.75) is 0 Å². The first-order valence-corrected chi connectivity index (χ1v) is 4.08. The maximum absolute atomic E-state index is 13.2. The van der Waals surface area contributed by atoms with Crippen LogP contribution in [0.25, 0.3) is 11.3 Å². The van der Waals surface area contributed by atoms with E-state index in [1.165, 1.54) is 18.7 Å². The van der Waals surface area contributed by atoms with Gasteiger partial charge in [-0.25, -0.2) is 24.3 Å². The highest BCUT2D eigenvalue weighted by Crippen LogP contribution is 2.18. The van der Waals surface area contributed by atoms with Gasteiger partial charge in [0.15, 0.2) is 5.82 Å². The van der Waals surface area contributed by atoms with Crippen LogP contribution in [0.1, 0.15) is 0 Å². The zero-order valence-electron chi connectivity index (χ0n) is 6.85. The van der Waals surface area contributed by atoms with E-state index < -0.39 is 5.82 Å². The van der Waals surface area contributed by atoms with Crippen LogP contribution in [0, 0.1) is 5.82 Å². The lowest BCUT2D eigenvalue weighted by Gasteiger charge is -2.00. The molecule has 0 saturated heterocycles. The molecular weight excluding hydrogens is 207 g/mol. The highest BCUT2D eigenvalue weighted by atomic mass is 35.5. The monoisotopic (exact) mass is 210 g/mol. The van der Waals surface area contributed by atoms with Gasteiger partial charge in [-0.2, -0.15) is 0 Å². The summed E-state index contributed by atoms with van der Waals surface area (Å²) in [6.07, 6.45) is 5.27. The van der Waals surface area contributed by atoms with Gasteiger partial charge in [-0.15, -0.1) is 0 Å². The molecule has 0 N–H and O–H groups in total. The number of rotatable bonds is 1. The Balaban J connectivity index is 2.57. The third-order valence-electron chi connectivity index (χ3n) is 1.55. The summed E-state index contributed by atoms with van der Waals surface area (Å²) < 4.78 is 13.2. The molecule has 2 aromatic rings. The fourth-order valence-electron chi connectivity index (χ4n) is 0.969. The van der Waals surface area contributed by atoms with Crippen molar-refractivity contribution in [2.75, 3.05) is 0 Å². The van der Waals surface area contributed by atoms with Gasteiger partial charge in [0.2, 0.25) is 5.28 Å². The topological polar surface area (TPSA) is 51.6 Å². The van der Waals surface area contributed by atoms with Crippen LogP contribution in [0.4, 0.5) is 4.39 Å². The van der Waals surface area contributed by atoms with Crippen molar-refractivity contribution in [3.8, 4) is 11.3 Å². The molecule has 0 spiro atoms. The summed E-state index contributed by atoms with van der Waals surface area (Å²) >= 11 is 5.54. The van der Waals surface area contributed by atoms with E-state index in [0.717, 1.165) is 6.20 Å². The van der Waals surface area contributed by atoms with Crippen LogP contribution in [0.2, 0.25) is 5.28 Å². The molecule has 0 aliphatic heterocycles. The van der Waals surface area contributed by atoms with E-state index >= 15 is 0 Å². The first kappa shape index (κ1) is 8.96. The van der Waals surface area contributed by atoms with Gasteiger partial charge in [-0.3, -0.25) is 0 Å². The number of halogens is 2. The van der Waals surface area contributed by atoms with Gasteiger partial charge in [0.05, 0.1) is 6.20 Å². The second kappa shape index (κ2) is 3.63. The van der Waals surface area contributed by atoms with Gasteiger partial charge in [0.1, 0.15) is 12.0 Å². The van der Waals surface area contributed by atoms with Crippen molar-refractivity contribution in [2.24, 2.45) is 0 Å². The Morgan fingerprint density at radius 1 is 1.14 bits per heavy atom. The molecule has 0 aliphatic carbocycles. The van der Waals surface area contributed by atoms with E-state index in [9.17, 15) is 4.39 Å². The zero-order chi connectivity index (χ0) is 9.97. The molecule has 0 amide bonds. The largest absolute Gasteiger partial charge is 0.244 e. The van der Waals surface area contributed by atoms with Crippen molar-refractivity contribution >= 4 is 11.6 Å². The lowest BCUT2D eigenvalue weighted by Crippen LogP contribution is -1.93. The van der Waals surface area contributed by atoms with Crippen LogP contribution in [0.15, 0.2) is 24.9 Å². The Bertz CT molecular complexity index is 448. The van der Waals surface area contributed by atoms with Crippen LogP contribution in [0.3, 0.4) is 0 Å². The van der Waals surface area contributed by atoms with Gasteiger partial charge in [0.25, 0.3) is 0 Å². The summed E-state index contributed by atoms with van der Waals surface area (Å²) in [7, 11) is 0. The maximum atomic E-state index is 13.2. The normalized spacial score (nSPS) is 10.1. The van der Waals surface area contributed by atoms with Crippen LogP contribution < -0.4 is 0 Å². The number of aromatic nitrogens is 4. The molecule has 14 heavy (non-hydrogen) atoms. The van der Waals surface area contributed by atoms with Crippen molar-refractivity contribution < 1.29 is 4.39 Å². The smallest absolute Gasteiger partial charge is 0.223 e. The van der Waals surface area contributed by atoms with Crippen LogP contribution in [0.5, 0.6) is 0 Å². The number of nitrogens with zero attached hydrogens (tertiary/aromatic N) is 4. The average molecular weight is 211 g/mol. The van der Waals surface area contributed by atoms with E-state index in [1.54, 1.807) is 0 Å². The molecular formula is C8H4ClFN4. The molecule has 2 heterocycles. The van der Waals surface area contributed by atoms with E-state index in [2.05, 4.69) is 19.9 Å². The standard InChI is InChI=1S/C8H4ClFN4/c9-8-13-3-6(10)7(14-8)5-1-11-4-12-2-5/h1-4H. The fourth-order valence-corrected chi connectivity index (χ4v) is 1.10. The van der Waals surface area contributed by atoms with E-state index in [1.807, 2.05) is 0 Å². The van der Waals surface area contributed by atoms with E-state index in [-0.39, 0.29) is 11.0 Å². The molecule has 0 aromatic carbocycles. The molecule has 0 atom stereocenters. The number of hydrogen-bond donors (Lipinski definition) is 0. The summed E-state index contributed by atoms with van der Waals surface area (Å²) in [5, 5.41) is -0.00902. The molecule has 0 aliphatic rings. The van der Waals surface area contributed by atoms with Gasteiger partial charge in [-0.1, -0.05) is 0 Å². The average Bonchev–Trinajstić information content (AvgIpc) is 2.23. The third-order valence-corrected chi connectivity index (χ3v) is 1.73. The predicted molar refractivity (Wildman–Crippen MR) is 48.0 cm³/mol. The molecule has 0 unspecified atom stereocenters. The molecule has 0 bridgehead atoms. The maximum Gasteiger partial charge on any atom is 0.223 e. The quantitative estimate of drug-likeness (QED) is 0.673. The third kappa shape index (κ3) is 1.67. The van der Waals surface area contributed by atoms with Crippen molar-refractivity contribution in [3.05, 3.63) is 36.0 Å². The molecule has 6 heteroatoms. The minimum Gasteiger partial charge on any atom is -0.244 e. The molecule has 2 aromatic heterocycles. The minimum atomic E-state index is -0.552. The Morgan fingerprint density at radius 2 is 1.86 bits per heavy atom. The Labute approximate surface area is 83.8 Å². The van der Waals surface area contributed by atoms with Gasteiger partial charge in [0, 0.05) is 18.0 Å². The Hall–Kier alpha value is -1.62.